The first-order chi connectivity index (χ1) is 9.05. The number of hydrogen-bond donors (Lipinski definition) is 1. The molecule has 0 fully saturated rings. The number of benzene rings is 1. The van der Waals surface area contributed by atoms with Gasteiger partial charge in [-0.2, -0.15) is 26.3 Å². The first kappa shape index (κ1) is 17.3. The van der Waals surface area contributed by atoms with Crippen molar-refractivity contribution in [3.05, 3.63) is 34.3 Å². The van der Waals surface area contributed by atoms with Gasteiger partial charge in [0.05, 0.1) is 0 Å². The molecule has 114 valence electrons. The smallest absolute Gasteiger partial charge is 0.316 e. The average Bonchev–Trinajstić information content (AvgIpc) is 2.27. The maximum absolute atomic E-state index is 12.7. The van der Waals surface area contributed by atoms with Crippen molar-refractivity contribution >= 4 is 15.9 Å². The van der Waals surface area contributed by atoms with Crippen molar-refractivity contribution in [3.63, 3.8) is 0 Å². The van der Waals surface area contributed by atoms with E-state index in [2.05, 4.69) is 21.2 Å². The highest BCUT2D eigenvalue weighted by atomic mass is 79.9. The second kappa shape index (κ2) is 6.34. The van der Waals surface area contributed by atoms with Crippen LogP contribution in [-0.2, 0) is 6.42 Å². The lowest BCUT2D eigenvalue weighted by molar-refractivity contribution is -0.291. The van der Waals surface area contributed by atoms with E-state index < -0.39 is 24.3 Å². The van der Waals surface area contributed by atoms with E-state index in [-0.39, 0.29) is 6.42 Å². The number of halogens is 7. The fraction of sp³-hybridized carbons (Fsp3) is 0.500. The van der Waals surface area contributed by atoms with Crippen LogP contribution in [0, 0.1) is 5.92 Å². The van der Waals surface area contributed by atoms with E-state index in [1.807, 2.05) is 0 Å². The summed E-state index contributed by atoms with van der Waals surface area (Å²) in [5.41, 5.74) is 0.394. The van der Waals surface area contributed by atoms with Crippen molar-refractivity contribution in [1.29, 1.82) is 0 Å². The predicted octanol–water partition coefficient (Wildman–Crippen LogP) is 4.32. The van der Waals surface area contributed by atoms with E-state index in [4.69, 9.17) is 0 Å². The Labute approximate surface area is 120 Å². The van der Waals surface area contributed by atoms with Crippen molar-refractivity contribution in [3.8, 4) is 0 Å². The lowest BCUT2D eigenvalue weighted by Gasteiger charge is -2.30. The number of alkyl halides is 6. The highest BCUT2D eigenvalue weighted by molar-refractivity contribution is 9.10. The Hall–Kier alpha value is -0.760. The highest BCUT2D eigenvalue weighted by Crippen LogP contribution is 2.42. The molecule has 1 aromatic rings. The van der Waals surface area contributed by atoms with Crippen molar-refractivity contribution in [2.24, 2.45) is 5.92 Å². The molecule has 0 aliphatic carbocycles. The van der Waals surface area contributed by atoms with Crippen molar-refractivity contribution in [1.82, 2.24) is 5.32 Å². The summed E-state index contributed by atoms with van der Waals surface area (Å²) in [6.07, 6.45) is -11.1. The lowest BCUT2D eigenvalue weighted by atomic mass is 9.92. The molecule has 0 radical (unpaired) electrons. The van der Waals surface area contributed by atoms with Crippen LogP contribution in [0.4, 0.5) is 26.3 Å². The van der Waals surface area contributed by atoms with Gasteiger partial charge >= 0.3 is 12.4 Å². The fourth-order valence-electron chi connectivity index (χ4n) is 1.90. The first-order valence-electron chi connectivity index (χ1n) is 5.61. The molecule has 1 N–H and O–H groups in total. The maximum atomic E-state index is 12.7. The summed E-state index contributed by atoms with van der Waals surface area (Å²) in [6.45, 7) is 0. The van der Waals surface area contributed by atoms with Crippen LogP contribution >= 0.6 is 15.9 Å². The van der Waals surface area contributed by atoms with E-state index >= 15 is 0 Å². The molecular formula is C12H12BrF6N. The molecule has 1 aromatic carbocycles. The third-order valence-corrected chi connectivity index (χ3v) is 3.38. The van der Waals surface area contributed by atoms with Crippen LogP contribution in [0.3, 0.4) is 0 Å². The molecule has 20 heavy (non-hydrogen) atoms. The van der Waals surface area contributed by atoms with E-state index in [1.54, 1.807) is 12.1 Å². The van der Waals surface area contributed by atoms with Gasteiger partial charge in [-0.3, -0.25) is 0 Å². The van der Waals surface area contributed by atoms with Crippen LogP contribution < -0.4 is 5.32 Å². The summed E-state index contributed by atoms with van der Waals surface area (Å²) >= 11 is 3.15. The van der Waals surface area contributed by atoms with E-state index in [1.165, 1.54) is 12.1 Å². The Morgan fingerprint density at radius 2 is 1.45 bits per heavy atom. The molecule has 0 heterocycles. The van der Waals surface area contributed by atoms with Gasteiger partial charge in [0.2, 0.25) is 0 Å². The van der Waals surface area contributed by atoms with Crippen LogP contribution in [0.5, 0.6) is 0 Å². The van der Waals surface area contributed by atoms with Gasteiger partial charge in [-0.15, -0.1) is 0 Å². The molecule has 0 aliphatic rings. The summed E-state index contributed by atoms with van der Waals surface area (Å²) in [6, 6.07) is 4.34. The van der Waals surface area contributed by atoms with Crippen LogP contribution in [0.1, 0.15) is 5.56 Å². The molecule has 0 saturated carbocycles. The lowest BCUT2D eigenvalue weighted by Crippen LogP contribution is -2.51. The monoisotopic (exact) mass is 363 g/mol. The summed E-state index contributed by atoms with van der Waals surface area (Å²) in [4.78, 5) is 0. The normalized spacial score (nSPS) is 14.7. The minimum Gasteiger partial charge on any atom is -0.316 e. The van der Waals surface area contributed by atoms with Gasteiger partial charge in [0.15, 0.2) is 5.92 Å². The topological polar surface area (TPSA) is 12.0 Å². The van der Waals surface area contributed by atoms with E-state index in [9.17, 15) is 26.3 Å². The van der Waals surface area contributed by atoms with Crippen LogP contribution in [-0.4, -0.2) is 25.4 Å². The molecule has 0 aromatic heterocycles. The van der Waals surface area contributed by atoms with Crippen LogP contribution in [0.2, 0.25) is 0 Å². The molecule has 1 rings (SSSR count). The zero-order valence-corrected chi connectivity index (χ0v) is 11.9. The second-order valence-electron chi connectivity index (χ2n) is 4.29. The number of rotatable bonds is 4. The van der Waals surface area contributed by atoms with Gasteiger partial charge in [-0.05, 0) is 31.2 Å². The summed E-state index contributed by atoms with van der Waals surface area (Å²) in [5.74, 6) is -3.40. The first-order valence-corrected chi connectivity index (χ1v) is 6.40. The molecule has 0 aliphatic heterocycles. The molecule has 0 spiro atoms. The van der Waals surface area contributed by atoms with Gasteiger partial charge in [0.25, 0.3) is 0 Å². The molecule has 8 heteroatoms. The largest absolute Gasteiger partial charge is 0.402 e. The standard InChI is InChI=1S/C12H12BrF6N/c1-20-9(6-7-2-4-8(13)5-3-7)10(11(14,15)16)12(17,18)19/h2-5,9-10,20H,6H2,1H3. The van der Waals surface area contributed by atoms with Crippen molar-refractivity contribution < 1.29 is 26.3 Å². The molecule has 1 atom stereocenters. The Bertz CT molecular complexity index is 411. The minimum atomic E-state index is -5.35. The zero-order valence-electron chi connectivity index (χ0n) is 10.3. The molecule has 0 saturated heterocycles. The third-order valence-electron chi connectivity index (χ3n) is 2.85. The predicted molar refractivity (Wildman–Crippen MR) is 66.3 cm³/mol. The summed E-state index contributed by atoms with van der Waals surface area (Å²) < 4.78 is 76.6. The summed E-state index contributed by atoms with van der Waals surface area (Å²) in [7, 11) is 1.09. The molecule has 1 unspecified atom stereocenters. The summed E-state index contributed by atoms with van der Waals surface area (Å²) in [5, 5.41) is 2.13. The van der Waals surface area contributed by atoms with Gasteiger partial charge in [0, 0.05) is 10.5 Å². The maximum Gasteiger partial charge on any atom is 0.402 e. The highest BCUT2D eigenvalue weighted by Gasteiger charge is 2.59. The zero-order chi connectivity index (χ0) is 15.6. The second-order valence-corrected chi connectivity index (χ2v) is 5.20. The SMILES string of the molecule is CNC(Cc1ccc(Br)cc1)C(C(F)(F)F)C(F)(F)F. The quantitative estimate of drug-likeness (QED) is 0.785. The molecule has 0 bridgehead atoms. The molecule has 1 nitrogen and oxygen atoms in total. The number of likely N-dealkylation sites (N-methyl/N-ethyl adjacent to an activating group) is 1. The molecule has 0 amide bonds. The number of nitrogens with one attached hydrogen (secondary N) is 1. The van der Waals surface area contributed by atoms with Crippen LogP contribution in [0.25, 0.3) is 0 Å². The Kier molecular flexibility index (Phi) is 5.48. The third kappa shape index (κ3) is 4.66. The minimum absolute atomic E-state index is 0.368. The van der Waals surface area contributed by atoms with Gasteiger partial charge in [0.1, 0.15) is 0 Å². The van der Waals surface area contributed by atoms with Gasteiger partial charge in [-0.25, -0.2) is 0 Å². The van der Waals surface area contributed by atoms with E-state index in [0.29, 0.717) is 10.0 Å². The Morgan fingerprint density at radius 3 is 1.80 bits per heavy atom. The van der Waals surface area contributed by atoms with Crippen molar-refractivity contribution in [2.45, 2.75) is 24.8 Å². The average molecular weight is 364 g/mol. The van der Waals surface area contributed by atoms with Gasteiger partial charge < -0.3 is 5.32 Å². The number of hydrogen-bond acceptors (Lipinski definition) is 1. The Morgan fingerprint density at radius 1 is 1.00 bits per heavy atom. The Balaban J connectivity index is 3.00. The fourth-order valence-corrected chi connectivity index (χ4v) is 2.17. The molecular weight excluding hydrogens is 352 g/mol. The van der Waals surface area contributed by atoms with Crippen molar-refractivity contribution in [2.75, 3.05) is 7.05 Å². The van der Waals surface area contributed by atoms with Crippen LogP contribution in [0.15, 0.2) is 28.7 Å². The van der Waals surface area contributed by atoms with Gasteiger partial charge in [-0.1, -0.05) is 28.1 Å². The van der Waals surface area contributed by atoms with E-state index in [0.717, 1.165) is 7.05 Å².